The fourth-order valence-electron chi connectivity index (χ4n) is 2.64. The molecule has 0 bridgehead atoms. The Morgan fingerprint density at radius 3 is 2.43 bits per heavy atom. The van der Waals surface area contributed by atoms with Gasteiger partial charge in [-0.2, -0.15) is 0 Å². The molecule has 4 nitrogen and oxygen atoms in total. The Morgan fingerprint density at radius 1 is 1.33 bits per heavy atom. The number of rotatable bonds is 2. The van der Waals surface area contributed by atoms with Crippen molar-refractivity contribution in [3.05, 3.63) is 29.3 Å². The minimum absolute atomic E-state index is 0.164. The van der Waals surface area contributed by atoms with Crippen molar-refractivity contribution >= 4 is 25.6 Å². The van der Waals surface area contributed by atoms with Crippen LogP contribution in [0.2, 0.25) is 0 Å². The highest BCUT2D eigenvalue weighted by Crippen LogP contribution is 2.29. The Morgan fingerprint density at radius 2 is 1.95 bits per heavy atom. The number of amides is 1. The van der Waals surface area contributed by atoms with Crippen LogP contribution in [0.4, 0.5) is 8.78 Å². The third-order valence-electron chi connectivity index (χ3n) is 3.58. The molecule has 1 fully saturated rings. The largest absolute Gasteiger partial charge is 0.335 e. The summed E-state index contributed by atoms with van der Waals surface area (Å²) >= 11 is 0. The number of carbonyl (C=O) groups is 1. The Balaban J connectivity index is 2.51. The van der Waals surface area contributed by atoms with Gasteiger partial charge in [0.05, 0.1) is 0 Å². The Hall–Kier alpha value is -1.21. The summed E-state index contributed by atoms with van der Waals surface area (Å²) in [5.41, 5.74) is -0.877. The lowest BCUT2D eigenvalue weighted by atomic mass is 10.1. The van der Waals surface area contributed by atoms with Crippen LogP contribution in [0.5, 0.6) is 0 Å². The van der Waals surface area contributed by atoms with Crippen LogP contribution in [0.3, 0.4) is 0 Å². The van der Waals surface area contributed by atoms with E-state index >= 15 is 0 Å². The molecule has 1 saturated heterocycles. The molecule has 1 aromatic carbocycles. The lowest BCUT2D eigenvalue weighted by molar-refractivity contribution is 0.0733. The van der Waals surface area contributed by atoms with Crippen molar-refractivity contribution in [2.45, 2.75) is 31.2 Å². The van der Waals surface area contributed by atoms with Crippen molar-refractivity contribution in [1.82, 2.24) is 4.90 Å². The minimum Gasteiger partial charge on any atom is -0.335 e. The molecule has 0 spiro atoms. The van der Waals surface area contributed by atoms with Crippen LogP contribution in [0, 0.1) is 17.6 Å². The quantitative estimate of drug-likeness (QED) is 0.780. The van der Waals surface area contributed by atoms with Gasteiger partial charge in [0, 0.05) is 23.3 Å². The van der Waals surface area contributed by atoms with Gasteiger partial charge in [-0.25, -0.2) is 17.2 Å². The van der Waals surface area contributed by atoms with Crippen LogP contribution < -0.4 is 0 Å². The zero-order valence-electron chi connectivity index (χ0n) is 11.4. The molecule has 0 N–H and O–H groups in total. The number of halogens is 3. The van der Waals surface area contributed by atoms with E-state index in [-0.39, 0.29) is 12.0 Å². The summed E-state index contributed by atoms with van der Waals surface area (Å²) in [7, 11) is 0.695. The van der Waals surface area contributed by atoms with Crippen LogP contribution in [0.15, 0.2) is 17.0 Å². The fraction of sp³-hybridized carbons (Fsp3) is 0.462. The predicted molar refractivity (Wildman–Crippen MR) is 73.7 cm³/mol. The highest BCUT2D eigenvalue weighted by molar-refractivity contribution is 8.13. The zero-order valence-corrected chi connectivity index (χ0v) is 13.0. The molecule has 1 heterocycles. The number of hydrogen-bond acceptors (Lipinski definition) is 3. The maximum atomic E-state index is 14.2. The molecule has 8 heteroatoms. The third kappa shape index (κ3) is 3.03. The number of nitrogens with zero attached hydrogens (tertiary/aromatic N) is 1. The van der Waals surface area contributed by atoms with Crippen molar-refractivity contribution in [2.24, 2.45) is 5.92 Å². The van der Waals surface area contributed by atoms with Crippen molar-refractivity contribution in [3.63, 3.8) is 0 Å². The average Bonchev–Trinajstić information content (AvgIpc) is 2.66. The second kappa shape index (κ2) is 5.53. The minimum atomic E-state index is -4.39. The Labute approximate surface area is 126 Å². The Bertz CT molecular complexity index is 693. The van der Waals surface area contributed by atoms with Crippen molar-refractivity contribution < 1.29 is 22.0 Å². The molecule has 1 aliphatic heterocycles. The molecule has 116 valence electrons. The summed E-state index contributed by atoms with van der Waals surface area (Å²) in [6.45, 7) is 4.08. The highest BCUT2D eigenvalue weighted by Gasteiger charge is 2.35. The zero-order chi connectivity index (χ0) is 15.9. The van der Waals surface area contributed by atoms with Crippen LogP contribution in [-0.2, 0) is 9.05 Å². The van der Waals surface area contributed by atoms with Gasteiger partial charge in [-0.05, 0) is 31.4 Å². The summed E-state index contributed by atoms with van der Waals surface area (Å²) in [5, 5.41) is 0. The molecule has 0 aliphatic carbocycles. The number of carbonyl (C=O) groups excluding carboxylic acids is 1. The van der Waals surface area contributed by atoms with Gasteiger partial charge in [-0.3, -0.25) is 4.79 Å². The van der Waals surface area contributed by atoms with E-state index in [4.69, 9.17) is 10.7 Å². The van der Waals surface area contributed by atoms with Gasteiger partial charge in [0.2, 0.25) is 0 Å². The standard InChI is InChI=1S/C13H14ClF2NO3S/c1-7-5-8(2)17(6-7)13(18)11-9(15)3-4-10(12(11)16)21(14,19)20/h3-4,7-8H,5-6H2,1-2H3. The first-order valence-electron chi connectivity index (χ1n) is 6.36. The third-order valence-corrected chi connectivity index (χ3v) is 4.92. The first-order valence-corrected chi connectivity index (χ1v) is 8.67. The lowest BCUT2D eigenvalue weighted by Gasteiger charge is -2.22. The summed E-state index contributed by atoms with van der Waals surface area (Å²) in [6.07, 6.45) is 0.725. The Kier molecular flexibility index (Phi) is 4.26. The average molecular weight is 338 g/mol. The maximum Gasteiger partial charge on any atom is 0.264 e. The molecule has 2 atom stereocenters. The van der Waals surface area contributed by atoms with Crippen LogP contribution in [0.25, 0.3) is 0 Å². The molecule has 0 saturated carbocycles. The molecule has 1 aliphatic rings. The fourth-order valence-corrected chi connectivity index (χ4v) is 3.55. The second-order valence-corrected chi connectivity index (χ2v) is 7.85. The molecule has 0 aromatic heterocycles. The second-order valence-electron chi connectivity index (χ2n) is 5.32. The predicted octanol–water partition coefficient (Wildman–Crippen LogP) is 2.76. The van der Waals surface area contributed by atoms with E-state index in [1.54, 1.807) is 6.92 Å². The molecule has 1 amide bonds. The lowest BCUT2D eigenvalue weighted by Crippen LogP contribution is -2.35. The van der Waals surface area contributed by atoms with E-state index < -0.39 is 37.1 Å². The van der Waals surface area contributed by atoms with E-state index in [2.05, 4.69) is 0 Å². The molecule has 2 unspecified atom stereocenters. The summed E-state index contributed by atoms with van der Waals surface area (Å²) in [4.78, 5) is 12.8. The van der Waals surface area contributed by atoms with E-state index in [0.29, 0.717) is 12.6 Å². The van der Waals surface area contributed by atoms with Crippen molar-refractivity contribution in [3.8, 4) is 0 Å². The molecule has 1 aromatic rings. The molecule has 0 radical (unpaired) electrons. The highest BCUT2D eigenvalue weighted by atomic mass is 35.7. The smallest absolute Gasteiger partial charge is 0.264 e. The number of hydrogen-bond donors (Lipinski definition) is 0. The van der Waals surface area contributed by atoms with Gasteiger partial charge < -0.3 is 4.90 Å². The number of benzene rings is 1. The van der Waals surface area contributed by atoms with Crippen LogP contribution in [0.1, 0.15) is 30.6 Å². The van der Waals surface area contributed by atoms with Crippen molar-refractivity contribution in [1.29, 1.82) is 0 Å². The monoisotopic (exact) mass is 337 g/mol. The topological polar surface area (TPSA) is 54.5 Å². The van der Waals surface area contributed by atoms with Crippen LogP contribution >= 0.6 is 10.7 Å². The number of likely N-dealkylation sites (tertiary alicyclic amines) is 1. The van der Waals surface area contributed by atoms with Gasteiger partial charge in [0.15, 0.2) is 5.82 Å². The van der Waals surface area contributed by atoms with E-state index in [1.807, 2.05) is 6.92 Å². The molecule has 21 heavy (non-hydrogen) atoms. The van der Waals surface area contributed by atoms with Crippen molar-refractivity contribution in [2.75, 3.05) is 6.54 Å². The maximum absolute atomic E-state index is 14.2. The summed E-state index contributed by atoms with van der Waals surface area (Å²) in [5.74, 6) is -3.19. The molecule has 2 rings (SSSR count). The van der Waals surface area contributed by atoms with Gasteiger partial charge >= 0.3 is 0 Å². The van der Waals surface area contributed by atoms with Gasteiger partial charge in [-0.15, -0.1) is 0 Å². The normalized spacial score (nSPS) is 22.6. The summed E-state index contributed by atoms with van der Waals surface area (Å²) in [6, 6.07) is 1.28. The molecular weight excluding hydrogens is 324 g/mol. The van der Waals surface area contributed by atoms with E-state index in [9.17, 15) is 22.0 Å². The first-order chi connectivity index (χ1) is 9.62. The summed E-state index contributed by atoms with van der Waals surface area (Å²) < 4.78 is 50.5. The van der Waals surface area contributed by atoms with E-state index in [0.717, 1.165) is 12.5 Å². The van der Waals surface area contributed by atoms with Gasteiger partial charge in [0.1, 0.15) is 16.3 Å². The first kappa shape index (κ1) is 16.2. The SMILES string of the molecule is CC1CC(C)N(C(=O)c2c(F)ccc(S(=O)(=O)Cl)c2F)C1. The molecular formula is C13H14ClF2NO3S. The van der Waals surface area contributed by atoms with Gasteiger partial charge in [-0.1, -0.05) is 6.92 Å². The van der Waals surface area contributed by atoms with Crippen LogP contribution in [-0.4, -0.2) is 31.8 Å². The van der Waals surface area contributed by atoms with E-state index in [1.165, 1.54) is 4.90 Å². The van der Waals surface area contributed by atoms with Gasteiger partial charge in [0.25, 0.3) is 15.0 Å².